The van der Waals surface area contributed by atoms with Crippen LogP contribution in [0, 0.1) is 5.92 Å². The van der Waals surface area contributed by atoms with Gasteiger partial charge in [0.1, 0.15) is 0 Å². The molecule has 0 aromatic heterocycles. The van der Waals surface area contributed by atoms with E-state index in [4.69, 9.17) is 9.84 Å². The van der Waals surface area contributed by atoms with Crippen LogP contribution in [0.2, 0.25) is 0 Å². The Morgan fingerprint density at radius 1 is 1.28 bits per heavy atom. The number of carboxylic acid groups (broad SMARTS) is 1. The molecule has 1 N–H and O–H groups in total. The largest absolute Gasteiger partial charge is 0.481 e. The first-order valence-electron chi connectivity index (χ1n) is 5.50. The summed E-state index contributed by atoms with van der Waals surface area (Å²) in [5.74, 6) is -2.59. The molecule has 0 saturated heterocycles. The van der Waals surface area contributed by atoms with Gasteiger partial charge in [0.2, 0.25) is 0 Å². The Morgan fingerprint density at radius 3 is 2.33 bits per heavy atom. The molecule has 0 heterocycles. The third kappa shape index (κ3) is 6.67. The van der Waals surface area contributed by atoms with Gasteiger partial charge in [0.05, 0.1) is 19.6 Å². The summed E-state index contributed by atoms with van der Waals surface area (Å²) >= 11 is 0. The molecule has 0 amide bonds. The summed E-state index contributed by atoms with van der Waals surface area (Å²) in [5, 5.41) is 8.55. The Hall–Kier alpha value is -1.85. The van der Waals surface area contributed by atoms with Crippen LogP contribution in [0.25, 0.3) is 0 Å². The van der Waals surface area contributed by atoms with Crippen molar-refractivity contribution in [1.29, 1.82) is 0 Å². The molecule has 0 spiro atoms. The molecule has 0 radical (unpaired) electrons. The van der Waals surface area contributed by atoms with Gasteiger partial charge >= 0.3 is 17.9 Å². The first kappa shape index (κ1) is 16.1. The van der Waals surface area contributed by atoms with Crippen molar-refractivity contribution in [2.24, 2.45) is 5.92 Å². The van der Waals surface area contributed by atoms with Crippen LogP contribution in [0.1, 0.15) is 26.2 Å². The van der Waals surface area contributed by atoms with Gasteiger partial charge in [0, 0.05) is 12.0 Å². The molecule has 0 aliphatic heterocycles. The molecule has 0 aromatic carbocycles. The Kier molecular flexibility index (Phi) is 7.42. The van der Waals surface area contributed by atoms with Gasteiger partial charge in [-0.05, 0) is 19.8 Å². The van der Waals surface area contributed by atoms with Crippen LogP contribution in [-0.4, -0.2) is 36.7 Å². The molecule has 0 fully saturated rings. The quantitative estimate of drug-likeness (QED) is 0.519. The minimum atomic E-state index is -0.983. The van der Waals surface area contributed by atoms with E-state index >= 15 is 0 Å². The van der Waals surface area contributed by atoms with Crippen LogP contribution in [0.5, 0.6) is 0 Å². The zero-order valence-corrected chi connectivity index (χ0v) is 10.6. The first-order valence-corrected chi connectivity index (χ1v) is 5.50. The van der Waals surface area contributed by atoms with Gasteiger partial charge < -0.3 is 14.6 Å². The fraction of sp³-hybridized carbons (Fsp3) is 0.583. The lowest BCUT2D eigenvalue weighted by Crippen LogP contribution is -2.20. The lowest BCUT2D eigenvalue weighted by atomic mass is 10.00. The fourth-order valence-electron chi connectivity index (χ4n) is 1.26. The maximum Gasteiger partial charge on any atom is 0.333 e. The van der Waals surface area contributed by atoms with E-state index in [1.54, 1.807) is 0 Å². The summed E-state index contributed by atoms with van der Waals surface area (Å²) < 4.78 is 9.40. The van der Waals surface area contributed by atoms with Crippen LogP contribution in [0.4, 0.5) is 0 Å². The molecule has 0 aromatic rings. The summed E-state index contributed by atoms with van der Waals surface area (Å²) in [6.45, 7) is 4.97. The highest BCUT2D eigenvalue weighted by molar-refractivity contribution is 5.86. The Labute approximate surface area is 106 Å². The molecule has 0 bridgehead atoms. The van der Waals surface area contributed by atoms with Crippen molar-refractivity contribution < 1.29 is 29.0 Å². The van der Waals surface area contributed by atoms with Crippen molar-refractivity contribution in [3.8, 4) is 0 Å². The maximum atomic E-state index is 11.4. The minimum absolute atomic E-state index is 0.0328. The summed E-state index contributed by atoms with van der Waals surface area (Å²) in [4.78, 5) is 32.9. The number of carbonyl (C=O) groups is 3. The van der Waals surface area contributed by atoms with Crippen LogP contribution in [0.15, 0.2) is 12.2 Å². The normalized spacial score (nSPS) is 11.4. The molecule has 1 unspecified atom stereocenters. The van der Waals surface area contributed by atoms with Gasteiger partial charge in [0.15, 0.2) is 0 Å². The van der Waals surface area contributed by atoms with Gasteiger partial charge in [-0.3, -0.25) is 9.59 Å². The Morgan fingerprint density at radius 2 is 1.89 bits per heavy atom. The summed E-state index contributed by atoms with van der Waals surface area (Å²) in [7, 11) is 1.23. The molecule has 0 saturated carbocycles. The van der Waals surface area contributed by atoms with E-state index < -0.39 is 23.8 Å². The molecule has 18 heavy (non-hydrogen) atoms. The number of carbonyl (C=O) groups excluding carboxylic acids is 2. The monoisotopic (exact) mass is 258 g/mol. The summed E-state index contributed by atoms with van der Waals surface area (Å²) in [5.41, 5.74) is 0.273. The number of esters is 2. The number of rotatable bonds is 8. The Balaban J connectivity index is 4.16. The second-order valence-electron chi connectivity index (χ2n) is 3.86. The molecule has 6 nitrogen and oxygen atoms in total. The average Bonchev–Trinajstić information content (AvgIpc) is 2.31. The molecular formula is C12H18O6. The van der Waals surface area contributed by atoms with Gasteiger partial charge in [-0.2, -0.15) is 0 Å². The Bertz CT molecular complexity index is 333. The van der Waals surface area contributed by atoms with E-state index in [1.807, 2.05) is 0 Å². The highest BCUT2D eigenvalue weighted by Crippen LogP contribution is 2.14. The lowest BCUT2D eigenvalue weighted by Gasteiger charge is -2.13. The second kappa shape index (κ2) is 8.27. The first-order chi connectivity index (χ1) is 8.38. The number of aliphatic carboxylic acids is 1. The molecule has 0 rings (SSSR count). The van der Waals surface area contributed by atoms with E-state index in [0.29, 0.717) is 0 Å². The van der Waals surface area contributed by atoms with Crippen molar-refractivity contribution in [3.05, 3.63) is 12.2 Å². The van der Waals surface area contributed by atoms with E-state index in [-0.39, 0.29) is 31.4 Å². The van der Waals surface area contributed by atoms with E-state index in [0.717, 1.165) is 0 Å². The summed E-state index contributed by atoms with van der Waals surface area (Å²) in [6, 6.07) is 0. The highest BCUT2D eigenvalue weighted by Gasteiger charge is 2.20. The predicted octanol–water partition coefficient (Wildman–Crippen LogP) is 1.15. The molecule has 0 aliphatic rings. The number of carboxylic acids is 1. The number of methoxy groups -OCH3 is 1. The number of hydrogen-bond donors (Lipinski definition) is 1. The SMILES string of the molecule is C=C(C)C(=O)OCCC(CCC(=O)O)C(=O)OC. The van der Waals surface area contributed by atoms with Crippen molar-refractivity contribution in [2.75, 3.05) is 13.7 Å². The van der Waals surface area contributed by atoms with Crippen LogP contribution in [0.3, 0.4) is 0 Å². The van der Waals surface area contributed by atoms with E-state index in [9.17, 15) is 14.4 Å². The zero-order valence-electron chi connectivity index (χ0n) is 10.6. The maximum absolute atomic E-state index is 11.4. The standard InChI is InChI=1S/C12H18O6/c1-8(2)11(15)18-7-6-9(12(16)17-3)4-5-10(13)14/h9H,1,4-7H2,2-3H3,(H,13,14). The van der Waals surface area contributed by atoms with Crippen LogP contribution < -0.4 is 0 Å². The van der Waals surface area contributed by atoms with Crippen LogP contribution >= 0.6 is 0 Å². The van der Waals surface area contributed by atoms with Crippen molar-refractivity contribution in [3.63, 3.8) is 0 Å². The third-order valence-corrected chi connectivity index (χ3v) is 2.29. The van der Waals surface area contributed by atoms with Crippen molar-refractivity contribution in [2.45, 2.75) is 26.2 Å². The highest BCUT2D eigenvalue weighted by atomic mass is 16.5. The second-order valence-corrected chi connectivity index (χ2v) is 3.86. The smallest absolute Gasteiger partial charge is 0.333 e. The summed E-state index contributed by atoms with van der Waals surface area (Å²) in [6.07, 6.45) is 0.264. The lowest BCUT2D eigenvalue weighted by molar-refractivity contribution is -0.149. The number of hydrogen-bond acceptors (Lipinski definition) is 5. The third-order valence-electron chi connectivity index (χ3n) is 2.29. The fourth-order valence-corrected chi connectivity index (χ4v) is 1.26. The van der Waals surface area contributed by atoms with Gasteiger partial charge in [-0.25, -0.2) is 4.79 Å². The predicted molar refractivity (Wildman–Crippen MR) is 62.8 cm³/mol. The number of ether oxygens (including phenoxy) is 2. The average molecular weight is 258 g/mol. The van der Waals surface area contributed by atoms with Crippen molar-refractivity contribution in [1.82, 2.24) is 0 Å². The molecular weight excluding hydrogens is 240 g/mol. The van der Waals surface area contributed by atoms with Crippen molar-refractivity contribution >= 4 is 17.9 Å². The van der Waals surface area contributed by atoms with E-state index in [1.165, 1.54) is 14.0 Å². The molecule has 1 atom stereocenters. The van der Waals surface area contributed by atoms with Gasteiger partial charge in [-0.15, -0.1) is 0 Å². The zero-order chi connectivity index (χ0) is 14.1. The van der Waals surface area contributed by atoms with E-state index in [2.05, 4.69) is 11.3 Å². The van der Waals surface area contributed by atoms with Crippen LogP contribution in [-0.2, 0) is 23.9 Å². The molecule has 6 heteroatoms. The van der Waals surface area contributed by atoms with Gasteiger partial charge in [0.25, 0.3) is 0 Å². The topological polar surface area (TPSA) is 89.9 Å². The van der Waals surface area contributed by atoms with Gasteiger partial charge in [-0.1, -0.05) is 6.58 Å². The molecule has 0 aliphatic carbocycles. The minimum Gasteiger partial charge on any atom is -0.481 e. The molecule has 102 valence electrons.